The van der Waals surface area contributed by atoms with Crippen LogP contribution in [0.25, 0.3) is 6.08 Å². The molecule has 3 aromatic carbocycles. The van der Waals surface area contributed by atoms with Crippen LogP contribution in [0, 0.1) is 5.92 Å². The van der Waals surface area contributed by atoms with Gasteiger partial charge >= 0.3 is 0 Å². The fraction of sp³-hybridized carbons (Fsp3) is 0.176. The minimum atomic E-state index is -1.42. The minimum Gasteiger partial charge on any atom is -0.497 e. The number of para-hydroxylation sites is 1. The van der Waals surface area contributed by atoms with Gasteiger partial charge in [0.1, 0.15) is 23.0 Å². The number of hydrogen-bond donors (Lipinski definition) is 1. The summed E-state index contributed by atoms with van der Waals surface area (Å²) in [6.07, 6.45) is 6.85. The molecule has 4 heterocycles. The molecule has 0 aliphatic carbocycles. The maximum absolute atomic E-state index is 14.9. The Labute approximate surface area is 242 Å². The van der Waals surface area contributed by atoms with Crippen molar-refractivity contribution in [2.75, 3.05) is 19.5 Å². The molecule has 0 saturated carbocycles. The molecular formula is C34H27N3O5. The van der Waals surface area contributed by atoms with Gasteiger partial charge in [-0.3, -0.25) is 19.4 Å². The molecule has 0 bridgehead atoms. The second-order valence-corrected chi connectivity index (χ2v) is 10.6. The van der Waals surface area contributed by atoms with Crippen LogP contribution in [0.15, 0.2) is 97.5 Å². The Kier molecular flexibility index (Phi) is 5.93. The first kappa shape index (κ1) is 25.7. The quantitative estimate of drug-likeness (QED) is 0.330. The monoisotopic (exact) mass is 557 g/mol. The fourth-order valence-electron chi connectivity index (χ4n) is 7.02. The van der Waals surface area contributed by atoms with E-state index < -0.39 is 23.4 Å². The number of carbonyl (C=O) groups excluding carboxylic acids is 3. The van der Waals surface area contributed by atoms with Crippen LogP contribution >= 0.6 is 0 Å². The van der Waals surface area contributed by atoms with Gasteiger partial charge in [0, 0.05) is 29.8 Å². The van der Waals surface area contributed by atoms with Crippen LogP contribution in [0.3, 0.4) is 0 Å². The van der Waals surface area contributed by atoms with Crippen molar-refractivity contribution in [3.63, 3.8) is 0 Å². The van der Waals surface area contributed by atoms with Gasteiger partial charge in [-0.25, -0.2) is 0 Å². The van der Waals surface area contributed by atoms with E-state index in [1.54, 1.807) is 36.5 Å². The lowest BCUT2D eigenvalue weighted by Gasteiger charge is -2.38. The third-order valence-electron chi connectivity index (χ3n) is 8.74. The zero-order chi connectivity index (χ0) is 29.0. The van der Waals surface area contributed by atoms with Crippen LogP contribution in [0.2, 0.25) is 0 Å². The van der Waals surface area contributed by atoms with Crippen molar-refractivity contribution in [3.05, 3.63) is 125 Å². The van der Waals surface area contributed by atoms with Crippen molar-refractivity contribution in [2.24, 2.45) is 5.92 Å². The van der Waals surface area contributed by atoms with Crippen molar-refractivity contribution in [1.29, 1.82) is 0 Å². The van der Waals surface area contributed by atoms with E-state index in [1.807, 2.05) is 65.7 Å². The molecule has 4 atom stereocenters. The number of benzene rings is 3. The predicted octanol–water partition coefficient (Wildman–Crippen LogP) is 5.08. The Balaban J connectivity index is 1.54. The molecule has 1 amide bonds. The van der Waals surface area contributed by atoms with Gasteiger partial charge < -0.3 is 19.7 Å². The highest BCUT2D eigenvalue weighted by atomic mass is 16.5. The second-order valence-electron chi connectivity index (χ2n) is 10.6. The maximum Gasteiger partial charge on any atom is 0.238 e. The van der Waals surface area contributed by atoms with Crippen LogP contribution < -0.4 is 14.8 Å². The number of pyridine rings is 1. The molecule has 1 N–H and O–H groups in total. The summed E-state index contributed by atoms with van der Waals surface area (Å²) in [7, 11) is 3.02. The number of rotatable bonds is 6. The van der Waals surface area contributed by atoms with E-state index in [-0.39, 0.29) is 23.0 Å². The van der Waals surface area contributed by atoms with E-state index >= 15 is 0 Å². The van der Waals surface area contributed by atoms with E-state index in [9.17, 15) is 14.4 Å². The SMILES string of the molecule is COc1ccc(OC)c(C(=O)[C@@H]2[C@@H](C(=O)c3cccnc3)[C@@]3(C(=O)Nc4ccccc43)[C@H]3c4ccccc4C=CN23)c1. The molecule has 0 unspecified atom stereocenters. The van der Waals surface area contributed by atoms with E-state index in [0.29, 0.717) is 28.3 Å². The molecule has 208 valence electrons. The molecule has 8 heteroatoms. The fourth-order valence-corrected chi connectivity index (χ4v) is 7.02. The number of anilines is 1. The zero-order valence-electron chi connectivity index (χ0n) is 23.0. The number of hydrogen-bond acceptors (Lipinski definition) is 7. The normalized spacial score (nSPS) is 23.1. The number of ketones is 2. The summed E-state index contributed by atoms with van der Waals surface area (Å²) in [6.45, 7) is 0. The number of Topliss-reactive ketones (excluding diaryl/α,β-unsaturated/α-hetero) is 2. The van der Waals surface area contributed by atoms with Crippen molar-refractivity contribution in [1.82, 2.24) is 9.88 Å². The van der Waals surface area contributed by atoms with Gasteiger partial charge in [-0.1, -0.05) is 42.5 Å². The van der Waals surface area contributed by atoms with Gasteiger partial charge in [0.25, 0.3) is 0 Å². The van der Waals surface area contributed by atoms with Gasteiger partial charge in [-0.2, -0.15) is 0 Å². The summed E-state index contributed by atoms with van der Waals surface area (Å²) in [6, 6.07) is 21.9. The summed E-state index contributed by atoms with van der Waals surface area (Å²) in [5.41, 5.74) is 2.28. The van der Waals surface area contributed by atoms with E-state index in [1.165, 1.54) is 20.4 Å². The van der Waals surface area contributed by atoms with E-state index in [0.717, 1.165) is 11.1 Å². The van der Waals surface area contributed by atoms with E-state index in [2.05, 4.69) is 10.3 Å². The molecular weight excluding hydrogens is 530 g/mol. The maximum atomic E-state index is 14.9. The molecule has 1 saturated heterocycles. The largest absolute Gasteiger partial charge is 0.497 e. The van der Waals surface area contributed by atoms with Crippen molar-refractivity contribution < 1.29 is 23.9 Å². The number of nitrogens with one attached hydrogen (secondary N) is 1. The third-order valence-corrected chi connectivity index (χ3v) is 8.74. The van der Waals surface area contributed by atoms with Crippen LogP contribution in [0.5, 0.6) is 11.5 Å². The highest BCUT2D eigenvalue weighted by Gasteiger charge is 2.70. The lowest BCUT2D eigenvalue weighted by molar-refractivity contribution is -0.122. The molecule has 7 rings (SSSR count). The number of aromatic nitrogens is 1. The smallest absolute Gasteiger partial charge is 0.238 e. The van der Waals surface area contributed by atoms with Gasteiger partial charge in [-0.05, 0) is 59.2 Å². The predicted molar refractivity (Wildman–Crippen MR) is 157 cm³/mol. The number of nitrogens with zero attached hydrogens (tertiary/aromatic N) is 2. The van der Waals surface area contributed by atoms with Crippen LogP contribution in [0.1, 0.15) is 43.4 Å². The highest BCUT2D eigenvalue weighted by Crippen LogP contribution is 2.62. The number of methoxy groups -OCH3 is 2. The number of ether oxygens (including phenoxy) is 2. The molecule has 42 heavy (non-hydrogen) atoms. The van der Waals surface area contributed by atoms with Crippen molar-refractivity contribution in [2.45, 2.75) is 17.5 Å². The highest BCUT2D eigenvalue weighted by molar-refractivity contribution is 6.17. The molecule has 1 aromatic heterocycles. The Morgan fingerprint density at radius 1 is 0.929 bits per heavy atom. The Morgan fingerprint density at radius 3 is 2.52 bits per heavy atom. The second kappa shape index (κ2) is 9.69. The van der Waals surface area contributed by atoms with Crippen molar-refractivity contribution >= 4 is 29.2 Å². The average Bonchev–Trinajstić information content (AvgIpc) is 3.52. The van der Waals surface area contributed by atoms with Gasteiger partial charge in [0.05, 0.1) is 31.7 Å². The molecule has 8 nitrogen and oxygen atoms in total. The number of fused-ring (bicyclic) bond motifs is 6. The zero-order valence-corrected chi connectivity index (χ0v) is 23.0. The molecule has 3 aliphatic heterocycles. The van der Waals surface area contributed by atoms with Gasteiger partial charge in [-0.15, -0.1) is 0 Å². The standard InChI is InChI=1S/C34H27N3O5/c1-41-22-13-14-27(42-2)24(18-22)31(39)29-28(30(38)21-9-7-16-35-19-21)34(25-11-5-6-12-26(25)36-33(34)40)32-23-10-4-3-8-20(23)15-17-37(29)32/h3-19,28-29,32H,1-2H3,(H,36,40)/t28-,29-,32+,34+/m0/s1. The summed E-state index contributed by atoms with van der Waals surface area (Å²) in [4.78, 5) is 50.2. The minimum absolute atomic E-state index is 0.264. The molecule has 3 aliphatic rings. The Bertz CT molecular complexity index is 1790. The third kappa shape index (κ3) is 3.48. The van der Waals surface area contributed by atoms with Crippen LogP contribution in [0.4, 0.5) is 5.69 Å². The first-order chi connectivity index (χ1) is 20.5. The summed E-state index contributed by atoms with van der Waals surface area (Å²) in [5.74, 6) is -1.29. The lowest BCUT2D eigenvalue weighted by Crippen LogP contribution is -2.49. The first-order valence-corrected chi connectivity index (χ1v) is 13.7. The molecule has 1 spiro atoms. The average molecular weight is 558 g/mol. The number of amides is 1. The summed E-state index contributed by atoms with van der Waals surface area (Å²) < 4.78 is 11.1. The molecule has 1 fully saturated rings. The van der Waals surface area contributed by atoms with Gasteiger partial charge in [0.2, 0.25) is 5.91 Å². The molecule has 0 radical (unpaired) electrons. The number of carbonyl (C=O) groups is 3. The van der Waals surface area contributed by atoms with E-state index in [4.69, 9.17) is 9.47 Å². The summed E-state index contributed by atoms with van der Waals surface area (Å²) in [5, 5.41) is 3.06. The van der Waals surface area contributed by atoms with Gasteiger partial charge in [0.15, 0.2) is 11.6 Å². The topological polar surface area (TPSA) is 97.8 Å². The molecule has 4 aromatic rings. The first-order valence-electron chi connectivity index (χ1n) is 13.7. The Morgan fingerprint density at radius 2 is 1.74 bits per heavy atom. The Hall–Kier alpha value is -5.24. The van der Waals surface area contributed by atoms with Crippen LogP contribution in [-0.2, 0) is 10.2 Å². The van der Waals surface area contributed by atoms with Crippen LogP contribution in [-0.4, -0.2) is 47.6 Å². The van der Waals surface area contributed by atoms with Crippen molar-refractivity contribution in [3.8, 4) is 11.5 Å². The summed E-state index contributed by atoms with van der Waals surface area (Å²) >= 11 is 0. The lowest BCUT2D eigenvalue weighted by atomic mass is 9.62.